The quantitative estimate of drug-likeness (QED) is 0.530. The fraction of sp³-hybridized carbons (Fsp3) is 0. The zero-order valence-corrected chi connectivity index (χ0v) is 13.8. The van der Waals surface area contributed by atoms with Gasteiger partial charge in [0.1, 0.15) is 5.69 Å². The molecule has 0 aliphatic heterocycles. The van der Waals surface area contributed by atoms with Crippen LogP contribution in [-0.4, -0.2) is 19.7 Å². The molecule has 124 valence electrons. The lowest BCUT2D eigenvalue weighted by molar-refractivity contribution is 0.910. The molecule has 2 aromatic carbocycles. The Kier molecular flexibility index (Phi) is 3.18. The first-order valence-corrected chi connectivity index (χ1v) is 8.32. The monoisotopic (exact) mass is 338 g/mol. The average Bonchev–Trinajstić information content (AvgIpc) is 3.11. The second kappa shape index (κ2) is 5.67. The van der Waals surface area contributed by atoms with Gasteiger partial charge in [0.25, 0.3) is 5.56 Å². The highest BCUT2D eigenvalue weighted by molar-refractivity contribution is 6.08. The van der Waals surface area contributed by atoms with E-state index in [2.05, 4.69) is 9.97 Å². The van der Waals surface area contributed by atoms with E-state index in [9.17, 15) is 4.79 Å². The molecule has 5 aromatic rings. The van der Waals surface area contributed by atoms with Gasteiger partial charge in [-0.2, -0.15) is 5.10 Å². The number of hydrogen-bond donors (Lipinski definition) is 1. The van der Waals surface area contributed by atoms with E-state index in [1.54, 1.807) is 12.4 Å². The number of pyridine rings is 2. The molecule has 0 aliphatic rings. The van der Waals surface area contributed by atoms with Crippen molar-refractivity contribution >= 4 is 21.8 Å². The summed E-state index contributed by atoms with van der Waals surface area (Å²) in [4.78, 5) is 20.1. The van der Waals surface area contributed by atoms with Gasteiger partial charge in [-0.25, -0.2) is 4.68 Å². The van der Waals surface area contributed by atoms with Gasteiger partial charge in [0, 0.05) is 17.1 Å². The van der Waals surface area contributed by atoms with Crippen molar-refractivity contribution in [3.8, 4) is 16.9 Å². The van der Waals surface area contributed by atoms with Crippen molar-refractivity contribution < 1.29 is 0 Å². The van der Waals surface area contributed by atoms with Crippen LogP contribution in [0, 0.1) is 0 Å². The summed E-state index contributed by atoms with van der Waals surface area (Å²) >= 11 is 0. The molecule has 5 nitrogen and oxygen atoms in total. The van der Waals surface area contributed by atoms with Gasteiger partial charge in [-0.1, -0.05) is 48.5 Å². The number of aromatic nitrogens is 4. The highest BCUT2D eigenvalue weighted by Crippen LogP contribution is 2.31. The van der Waals surface area contributed by atoms with Crippen LogP contribution in [0.1, 0.15) is 0 Å². The van der Waals surface area contributed by atoms with Crippen LogP contribution in [0.5, 0.6) is 0 Å². The molecule has 0 saturated carbocycles. The Bertz CT molecular complexity index is 1290. The molecule has 0 fully saturated rings. The highest BCUT2D eigenvalue weighted by atomic mass is 16.1. The first-order valence-electron chi connectivity index (χ1n) is 8.32. The lowest BCUT2D eigenvalue weighted by Gasteiger charge is -2.05. The van der Waals surface area contributed by atoms with Crippen molar-refractivity contribution in [3.63, 3.8) is 0 Å². The van der Waals surface area contributed by atoms with Crippen molar-refractivity contribution in [2.45, 2.75) is 0 Å². The van der Waals surface area contributed by atoms with Crippen LogP contribution in [0.3, 0.4) is 0 Å². The van der Waals surface area contributed by atoms with Crippen LogP contribution in [0.2, 0.25) is 0 Å². The van der Waals surface area contributed by atoms with Gasteiger partial charge in [-0.05, 0) is 18.2 Å². The molecular weight excluding hydrogens is 324 g/mol. The minimum atomic E-state index is -0.146. The molecule has 0 atom stereocenters. The summed E-state index contributed by atoms with van der Waals surface area (Å²) in [5.74, 6) is 0. The minimum absolute atomic E-state index is 0.146. The van der Waals surface area contributed by atoms with E-state index in [-0.39, 0.29) is 5.56 Å². The molecule has 26 heavy (non-hydrogen) atoms. The Hall–Kier alpha value is -3.73. The van der Waals surface area contributed by atoms with E-state index in [4.69, 9.17) is 5.10 Å². The Labute approximate surface area is 148 Å². The molecule has 0 saturated heterocycles. The van der Waals surface area contributed by atoms with Gasteiger partial charge in [0.2, 0.25) is 0 Å². The van der Waals surface area contributed by atoms with Gasteiger partial charge in [0.15, 0.2) is 0 Å². The van der Waals surface area contributed by atoms with Crippen molar-refractivity contribution in [1.29, 1.82) is 0 Å². The largest absolute Gasteiger partial charge is 0.321 e. The molecule has 3 heterocycles. The van der Waals surface area contributed by atoms with Crippen LogP contribution in [0.4, 0.5) is 0 Å². The molecule has 0 spiro atoms. The fourth-order valence-electron chi connectivity index (χ4n) is 3.33. The van der Waals surface area contributed by atoms with Gasteiger partial charge in [-0.15, -0.1) is 0 Å². The second-order valence-corrected chi connectivity index (χ2v) is 6.06. The first-order chi connectivity index (χ1) is 12.8. The van der Waals surface area contributed by atoms with Crippen LogP contribution >= 0.6 is 0 Å². The standard InChI is InChI=1S/C21H14N4O/c26-21-18-19(14-7-2-1-3-8-14)24-25(15-9-6-12-22-13-15)20(18)16-10-4-5-11-17(16)23-21/h1-13H,(H,23,26). The fourth-order valence-corrected chi connectivity index (χ4v) is 3.33. The third-order valence-electron chi connectivity index (χ3n) is 4.48. The van der Waals surface area contributed by atoms with Gasteiger partial charge < -0.3 is 4.98 Å². The van der Waals surface area contributed by atoms with Crippen LogP contribution in [0.15, 0.2) is 83.9 Å². The summed E-state index contributed by atoms with van der Waals surface area (Å²) in [7, 11) is 0. The van der Waals surface area contributed by atoms with Crippen molar-refractivity contribution in [2.75, 3.05) is 0 Å². The lowest BCUT2D eigenvalue weighted by atomic mass is 10.1. The zero-order chi connectivity index (χ0) is 17.5. The molecule has 0 bridgehead atoms. The van der Waals surface area contributed by atoms with E-state index in [1.807, 2.05) is 71.4 Å². The van der Waals surface area contributed by atoms with Gasteiger partial charge in [-0.3, -0.25) is 9.78 Å². The van der Waals surface area contributed by atoms with Crippen molar-refractivity contribution in [3.05, 3.63) is 89.5 Å². The summed E-state index contributed by atoms with van der Waals surface area (Å²) in [5, 5.41) is 6.32. The van der Waals surface area contributed by atoms with Crippen molar-refractivity contribution in [2.24, 2.45) is 0 Å². The summed E-state index contributed by atoms with van der Waals surface area (Å²) < 4.78 is 1.81. The third-order valence-corrected chi connectivity index (χ3v) is 4.48. The van der Waals surface area contributed by atoms with Crippen LogP contribution in [0.25, 0.3) is 38.8 Å². The molecule has 0 radical (unpaired) electrons. The third kappa shape index (κ3) is 2.14. The predicted molar refractivity (Wildman–Crippen MR) is 102 cm³/mol. The first kappa shape index (κ1) is 14.6. The second-order valence-electron chi connectivity index (χ2n) is 6.06. The summed E-state index contributed by atoms with van der Waals surface area (Å²) in [6.45, 7) is 0. The number of rotatable bonds is 2. The van der Waals surface area contributed by atoms with Gasteiger partial charge >= 0.3 is 0 Å². The molecule has 0 aliphatic carbocycles. The SMILES string of the molecule is O=c1[nH]c2ccccc2c2c1c(-c1ccccc1)nn2-c1cccnc1. The number of hydrogen-bond acceptors (Lipinski definition) is 3. The summed E-state index contributed by atoms with van der Waals surface area (Å²) in [5.41, 5.74) is 3.81. The molecule has 5 rings (SSSR count). The maximum atomic E-state index is 12.9. The van der Waals surface area contributed by atoms with Crippen molar-refractivity contribution in [1.82, 2.24) is 19.7 Å². The number of para-hydroxylation sites is 1. The highest BCUT2D eigenvalue weighted by Gasteiger charge is 2.19. The number of nitrogens with one attached hydrogen (secondary N) is 1. The predicted octanol–water partition coefficient (Wildman–Crippen LogP) is 3.93. The minimum Gasteiger partial charge on any atom is -0.321 e. The summed E-state index contributed by atoms with van der Waals surface area (Å²) in [6, 6.07) is 21.3. The Morgan fingerprint density at radius 3 is 2.50 bits per heavy atom. The van der Waals surface area contributed by atoms with E-state index in [0.29, 0.717) is 11.1 Å². The smallest absolute Gasteiger partial charge is 0.260 e. The average molecular weight is 338 g/mol. The molecule has 0 amide bonds. The zero-order valence-electron chi connectivity index (χ0n) is 13.8. The van der Waals surface area contributed by atoms with E-state index in [0.717, 1.165) is 27.7 Å². The Morgan fingerprint density at radius 1 is 0.885 bits per heavy atom. The Morgan fingerprint density at radius 2 is 1.69 bits per heavy atom. The van der Waals surface area contributed by atoms with E-state index in [1.165, 1.54) is 0 Å². The van der Waals surface area contributed by atoms with Gasteiger partial charge in [0.05, 0.1) is 28.3 Å². The molecule has 5 heteroatoms. The molecule has 3 aromatic heterocycles. The lowest BCUT2D eigenvalue weighted by Crippen LogP contribution is -2.07. The Balaban J connectivity index is 2.00. The maximum absolute atomic E-state index is 12.9. The van der Waals surface area contributed by atoms with E-state index >= 15 is 0 Å². The number of nitrogens with zero attached hydrogens (tertiary/aromatic N) is 3. The molecule has 0 unspecified atom stereocenters. The maximum Gasteiger partial charge on any atom is 0.260 e. The van der Waals surface area contributed by atoms with Crippen LogP contribution in [-0.2, 0) is 0 Å². The summed E-state index contributed by atoms with van der Waals surface area (Å²) in [6.07, 6.45) is 3.47. The number of benzene rings is 2. The topological polar surface area (TPSA) is 63.6 Å². The normalized spacial score (nSPS) is 11.2. The van der Waals surface area contributed by atoms with E-state index < -0.39 is 0 Å². The van der Waals surface area contributed by atoms with Crippen LogP contribution < -0.4 is 5.56 Å². The molecular formula is C21H14N4O. The number of fused-ring (bicyclic) bond motifs is 3. The molecule has 1 N–H and O–H groups in total. The number of aromatic amines is 1. The number of H-pyrrole nitrogens is 1.